The molecule has 1 aromatic rings. The van der Waals surface area contributed by atoms with Crippen molar-refractivity contribution < 1.29 is 32.6 Å². The Labute approximate surface area is 149 Å². The molecule has 0 bridgehead atoms. The van der Waals surface area contributed by atoms with Crippen LogP contribution in [0.3, 0.4) is 0 Å². The number of hydrogen-bond donors (Lipinski definition) is 3. The largest absolute Gasteiger partial charge is 0.490 e. The number of halogens is 3. The molecule has 0 aliphatic carbocycles. The number of carboxylic acid groups (broad SMARTS) is 1. The highest BCUT2D eigenvalue weighted by Crippen LogP contribution is 2.17. The van der Waals surface area contributed by atoms with Gasteiger partial charge in [0.05, 0.1) is 6.04 Å². The van der Waals surface area contributed by atoms with Crippen LogP contribution in [0.2, 0.25) is 0 Å². The summed E-state index contributed by atoms with van der Waals surface area (Å²) in [6, 6.07) is 9.56. The van der Waals surface area contributed by atoms with Gasteiger partial charge in [-0.1, -0.05) is 18.2 Å². The number of alkyl halides is 3. The second-order valence-electron chi connectivity index (χ2n) is 6.79. The van der Waals surface area contributed by atoms with E-state index < -0.39 is 12.1 Å². The molecule has 1 amide bonds. The van der Waals surface area contributed by atoms with Gasteiger partial charge >= 0.3 is 12.1 Å². The third kappa shape index (κ3) is 8.19. The van der Waals surface area contributed by atoms with Crippen molar-refractivity contribution >= 4 is 11.9 Å². The molecule has 1 aliphatic rings. The van der Waals surface area contributed by atoms with E-state index in [4.69, 9.17) is 14.6 Å². The lowest BCUT2D eigenvalue weighted by molar-refractivity contribution is -0.192. The molecule has 0 spiro atoms. The Hall–Kier alpha value is -2.29. The summed E-state index contributed by atoms with van der Waals surface area (Å²) in [6.07, 6.45) is -4.32. The van der Waals surface area contributed by atoms with Gasteiger partial charge in [0, 0.05) is 18.5 Å². The summed E-state index contributed by atoms with van der Waals surface area (Å²) in [7, 11) is 0. The lowest BCUT2D eigenvalue weighted by atomic mass is 10.1. The standard InChI is InChI=1S/C15H22N2O2.C2HF3O2/c1-15(2,3)17-14(18)13-9-12(10-16-13)19-11-7-5-4-6-8-11;3-2(4,5)1(6)7/h4-8,12-13,16H,9-10H2,1-3H3,(H,17,18);(H,6,7)/t12-,13-;/m0./s1. The second kappa shape index (κ2) is 8.88. The molecule has 2 rings (SSSR count). The minimum absolute atomic E-state index is 0.0478. The molecular formula is C17H23F3N2O4. The summed E-state index contributed by atoms with van der Waals surface area (Å²) in [5.74, 6) is -1.86. The van der Waals surface area contributed by atoms with E-state index in [1.807, 2.05) is 51.1 Å². The molecule has 9 heteroatoms. The number of ether oxygens (including phenoxy) is 1. The Kier molecular flexibility index (Phi) is 7.43. The fourth-order valence-corrected chi connectivity index (χ4v) is 2.14. The molecule has 0 aromatic heterocycles. The zero-order valence-electron chi connectivity index (χ0n) is 14.8. The first-order chi connectivity index (χ1) is 11.9. The Balaban J connectivity index is 0.000000412. The van der Waals surface area contributed by atoms with Crippen LogP contribution >= 0.6 is 0 Å². The molecular weight excluding hydrogens is 353 g/mol. The van der Waals surface area contributed by atoms with Crippen molar-refractivity contribution in [3.63, 3.8) is 0 Å². The van der Waals surface area contributed by atoms with E-state index in [1.165, 1.54) is 0 Å². The Morgan fingerprint density at radius 1 is 1.19 bits per heavy atom. The van der Waals surface area contributed by atoms with Crippen molar-refractivity contribution in [1.82, 2.24) is 10.6 Å². The minimum Gasteiger partial charge on any atom is -0.489 e. The molecule has 0 saturated carbocycles. The molecule has 0 unspecified atom stereocenters. The fraction of sp³-hybridized carbons (Fsp3) is 0.529. The number of amides is 1. The summed E-state index contributed by atoms with van der Waals surface area (Å²) >= 11 is 0. The van der Waals surface area contributed by atoms with Gasteiger partial charge in [0.2, 0.25) is 5.91 Å². The Morgan fingerprint density at radius 3 is 2.19 bits per heavy atom. The van der Waals surface area contributed by atoms with Gasteiger partial charge in [0.1, 0.15) is 11.9 Å². The number of nitrogens with one attached hydrogen (secondary N) is 2. The predicted molar refractivity (Wildman–Crippen MR) is 88.9 cm³/mol. The van der Waals surface area contributed by atoms with Gasteiger partial charge in [-0.25, -0.2) is 4.79 Å². The topological polar surface area (TPSA) is 87.7 Å². The molecule has 1 aromatic carbocycles. The van der Waals surface area contributed by atoms with Crippen molar-refractivity contribution in [2.24, 2.45) is 0 Å². The highest BCUT2D eigenvalue weighted by Gasteiger charge is 2.38. The molecule has 6 nitrogen and oxygen atoms in total. The number of carbonyl (C=O) groups excluding carboxylic acids is 1. The molecule has 1 heterocycles. The number of para-hydroxylation sites is 1. The molecule has 26 heavy (non-hydrogen) atoms. The highest BCUT2D eigenvalue weighted by molar-refractivity contribution is 5.82. The van der Waals surface area contributed by atoms with Crippen LogP contribution in [-0.4, -0.2) is 47.4 Å². The van der Waals surface area contributed by atoms with Gasteiger partial charge in [-0.2, -0.15) is 13.2 Å². The normalized spacial score (nSPS) is 19.9. The summed E-state index contributed by atoms with van der Waals surface area (Å²) in [6.45, 7) is 6.66. The van der Waals surface area contributed by atoms with Crippen LogP contribution < -0.4 is 15.4 Å². The van der Waals surface area contributed by atoms with E-state index in [9.17, 15) is 18.0 Å². The Bertz CT molecular complexity index is 600. The lowest BCUT2D eigenvalue weighted by Gasteiger charge is -2.23. The number of hydrogen-bond acceptors (Lipinski definition) is 4. The maximum atomic E-state index is 12.0. The zero-order valence-corrected chi connectivity index (χ0v) is 14.8. The summed E-state index contributed by atoms with van der Waals surface area (Å²) in [4.78, 5) is 20.9. The van der Waals surface area contributed by atoms with Crippen molar-refractivity contribution in [3.8, 4) is 5.75 Å². The van der Waals surface area contributed by atoms with Gasteiger partial charge < -0.3 is 20.5 Å². The second-order valence-corrected chi connectivity index (χ2v) is 6.79. The van der Waals surface area contributed by atoms with Crippen LogP contribution in [0.5, 0.6) is 5.75 Å². The SMILES string of the molecule is CC(C)(C)NC(=O)[C@@H]1C[C@H](Oc2ccccc2)CN1.O=C(O)C(F)(F)F. The lowest BCUT2D eigenvalue weighted by Crippen LogP contribution is -2.48. The average Bonchev–Trinajstić information content (AvgIpc) is 2.95. The third-order valence-corrected chi connectivity index (χ3v) is 3.19. The first kappa shape index (κ1) is 21.8. The maximum Gasteiger partial charge on any atom is 0.490 e. The quantitative estimate of drug-likeness (QED) is 0.754. The average molecular weight is 376 g/mol. The molecule has 2 atom stereocenters. The van der Waals surface area contributed by atoms with Crippen molar-refractivity contribution in [3.05, 3.63) is 30.3 Å². The van der Waals surface area contributed by atoms with E-state index >= 15 is 0 Å². The van der Waals surface area contributed by atoms with E-state index in [0.717, 1.165) is 5.75 Å². The van der Waals surface area contributed by atoms with Crippen molar-refractivity contribution in [2.45, 2.75) is 51.1 Å². The number of rotatable bonds is 3. The van der Waals surface area contributed by atoms with Gasteiger partial charge in [-0.15, -0.1) is 0 Å². The van der Waals surface area contributed by atoms with Crippen molar-refractivity contribution in [2.75, 3.05) is 6.54 Å². The van der Waals surface area contributed by atoms with Crippen LogP contribution in [-0.2, 0) is 9.59 Å². The van der Waals surface area contributed by atoms with Crippen LogP contribution in [0.1, 0.15) is 27.2 Å². The molecule has 1 fully saturated rings. The highest BCUT2D eigenvalue weighted by atomic mass is 19.4. The number of carboxylic acids is 1. The minimum atomic E-state index is -5.08. The first-order valence-electron chi connectivity index (χ1n) is 7.95. The maximum absolute atomic E-state index is 12.0. The van der Waals surface area contributed by atoms with E-state index in [0.29, 0.717) is 13.0 Å². The monoisotopic (exact) mass is 376 g/mol. The van der Waals surface area contributed by atoms with Crippen LogP contribution in [0.4, 0.5) is 13.2 Å². The first-order valence-corrected chi connectivity index (χ1v) is 7.95. The van der Waals surface area contributed by atoms with Crippen molar-refractivity contribution in [1.29, 1.82) is 0 Å². The fourth-order valence-electron chi connectivity index (χ4n) is 2.14. The number of benzene rings is 1. The van der Waals surface area contributed by atoms with Gasteiger partial charge in [-0.3, -0.25) is 4.79 Å². The Morgan fingerprint density at radius 2 is 1.73 bits per heavy atom. The van der Waals surface area contributed by atoms with E-state index in [2.05, 4.69) is 10.6 Å². The number of carbonyl (C=O) groups is 2. The van der Waals surface area contributed by atoms with E-state index in [-0.39, 0.29) is 23.6 Å². The predicted octanol–water partition coefficient (Wildman–Crippen LogP) is 2.34. The zero-order chi connectivity index (χ0) is 20.0. The molecule has 146 valence electrons. The summed E-state index contributed by atoms with van der Waals surface area (Å²) in [5.41, 5.74) is -0.197. The molecule has 1 aliphatic heterocycles. The van der Waals surface area contributed by atoms with Crippen LogP contribution in [0, 0.1) is 0 Å². The third-order valence-electron chi connectivity index (χ3n) is 3.19. The summed E-state index contributed by atoms with van der Waals surface area (Å²) < 4.78 is 37.6. The van der Waals surface area contributed by atoms with Gasteiger partial charge in [0.25, 0.3) is 0 Å². The number of aliphatic carboxylic acids is 1. The molecule has 3 N–H and O–H groups in total. The molecule has 0 radical (unpaired) electrons. The van der Waals surface area contributed by atoms with E-state index in [1.54, 1.807) is 0 Å². The molecule has 1 saturated heterocycles. The van der Waals surface area contributed by atoms with Crippen LogP contribution in [0.15, 0.2) is 30.3 Å². The van der Waals surface area contributed by atoms with Crippen LogP contribution in [0.25, 0.3) is 0 Å². The van der Waals surface area contributed by atoms with Gasteiger partial charge in [0.15, 0.2) is 0 Å². The smallest absolute Gasteiger partial charge is 0.489 e. The summed E-state index contributed by atoms with van der Waals surface area (Å²) in [5, 5.41) is 13.3. The van der Waals surface area contributed by atoms with Gasteiger partial charge in [-0.05, 0) is 32.9 Å².